The zero-order chi connectivity index (χ0) is 14.3. The van der Waals surface area contributed by atoms with Gasteiger partial charge < -0.3 is 5.32 Å². The number of nitrogens with one attached hydrogen (secondary N) is 1. The summed E-state index contributed by atoms with van der Waals surface area (Å²) in [4.78, 5) is 16.1. The van der Waals surface area contributed by atoms with Crippen LogP contribution < -0.4 is 5.32 Å². The SMILES string of the molecule is O=C(NC1CS(=O)(=O)CC1Cl)c1cnn2ccncc12. The molecule has 1 saturated heterocycles. The third-order valence-corrected chi connectivity index (χ3v) is 5.54. The van der Waals surface area contributed by atoms with Crippen molar-refractivity contribution in [3.05, 3.63) is 30.4 Å². The summed E-state index contributed by atoms with van der Waals surface area (Å²) in [5.74, 6) is -0.652. The van der Waals surface area contributed by atoms with E-state index < -0.39 is 27.2 Å². The number of carbonyl (C=O) groups excluding carboxylic acids is 1. The van der Waals surface area contributed by atoms with Crippen LogP contribution in [0.2, 0.25) is 0 Å². The maximum absolute atomic E-state index is 12.2. The molecule has 0 spiro atoms. The molecule has 20 heavy (non-hydrogen) atoms. The number of sulfone groups is 1. The molecule has 2 aromatic rings. The highest BCUT2D eigenvalue weighted by Gasteiger charge is 2.37. The highest BCUT2D eigenvalue weighted by atomic mass is 35.5. The average Bonchev–Trinajstić information content (AvgIpc) is 2.90. The molecule has 3 heterocycles. The highest BCUT2D eigenvalue weighted by molar-refractivity contribution is 7.91. The van der Waals surface area contributed by atoms with E-state index in [1.54, 1.807) is 12.4 Å². The van der Waals surface area contributed by atoms with E-state index in [0.717, 1.165) is 0 Å². The minimum Gasteiger partial charge on any atom is -0.347 e. The molecule has 9 heteroatoms. The van der Waals surface area contributed by atoms with Crippen LogP contribution in [0, 0.1) is 0 Å². The summed E-state index contributed by atoms with van der Waals surface area (Å²) in [6.07, 6.45) is 6.11. The van der Waals surface area contributed by atoms with Gasteiger partial charge in [-0.15, -0.1) is 11.6 Å². The van der Waals surface area contributed by atoms with Crippen LogP contribution in [0.5, 0.6) is 0 Å². The maximum atomic E-state index is 12.2. The fourth-order valence-corrected chi connectivity index (χ4v) is 4.74. The molecule has 1 aliphatic heterocycles. The van der Waals surface area contributed by atoms with Gasteiger partial charge in [0, 0.05) is 12.4 Å². The van der Waals surface area contributed by atoms with Crippen LogP contribution in [0.25, 0.3) is 5.52 Å². The lowest BCUT2D eigenvalue weighted by Gasteiger charge is -2.13. The number of nitrogens with zero attached hydrogens (tertiary/aromatic N) is 3. The van der Waals surface area contributed by atoms with Crippen molar-refractivity contribution in [1.29, 1.82) is 0 Å². The standard InChI is InChI=1S/C11H11ClN4O3S/c12-8-5-20(18,19)6-9(8)15-11(17)7-3-14-16-2-1-13-4-10(7)16/h1-4,8-9H,5-6H2,(H,15,17). The summed E-state index contributed by atoms with van der Waals surface area (Å²) in [5.41, 5.74) is 0.892. The molecule has 3 rings (SSSR count). The summed E-state index contributed by atoms with van der Waals surface area (Å²) in [6.45, 7) is 0. The van der Waals surface area contributed by atoms with Gasteiger partial charge in [0.15, 0.2) is 9.84 Å². The molecular weight excluding hydrogens is 304 g/mol. The van der Waals surface area contributed by atoms with Gasteiger partial charge in [-0.25, -0.2) is 12.9 Å². The van der Waals surface area contributed by atoms with Gasteiger partial charge >= 0.3 is 0 Å². The molecule has 1 aliphatic rings. The van der Waals surface area contributed by atoms with Gasteiger partial charge in [0.05, 0.1) is 46.4 Å². The molecule has 1 N–H and O–H groups in total. The molecule has 0 bridgehead atoms. The topological polar surface area (TPSA) is 93.4 Å². The Morgan fingerprint density at radius 3 is 2.90 bits per heavy atom. The molecule has 0 saturated carbocycles. The average molecular weight is 315 g/mol. The predicted octanol–water partition coefficient (Wildman–Crippen LogP) is -0.137. The van der Waals surface area contributed by atoms with E-state index in [1.807, 2.05) is 0 Å². The van der Waals surface area contributed by atoms with Crippen LogP contribution in [-0.2, 0) is 9.84 Å². The summed E-state index contributed by atoms with van der Waals surface area (Å²) in [7, 11) is -3.18. The van der Waals surface area contributed by atoms with Gasteiger partial charge in [-0.2, -0.15) is 5.10 Å². The molecule has 2 unspecified atom stereocenters. The Balaban J connectivity index is 1.84. The van der Waals surface area contributed by atoms with Gasteiger partial charge in [0.1, 0.15) is 0 Å². The summed E-state index contributed by atoms with van der Waals surface area (Å²) >= 11 is 5.96. The van der Waals surface area contributed by atoms with Gasteiger partial charge in [-0.3, -0.25) is 9.78 Å². The maximum Gasteiger partial charge on any atom is 0.255 e. The second kappa shape index (κ2) is 4.71. The smallest absolute Gasteiger partial charge is 0.255 e. The van der Waals surface area contributed by atoms with Crippen molar-refractivity contribution in [3.63, 3.8) is 0 Å². The van der Waals surface area contributed by atoms with E-state index in [1.165, 1.54) is 16.9 Å². The second-order valence-electron chi connectivity index (χ2n) is 4.64. The number of hydrogen-bond acceptors (Lipinski definition) is 5. The molecule has 7 nitrogen and oxygen atoms in total. The van der Waals surface area contributed by atoms with Crippen LogP contribution in [0.1, 0.15) is 10.4 Å². The quantitative estimate of drug-likeness (QED) is 0.779. The normalized spacial score (nSPS) is 24.9. The number of rotatable bonds is 2. The lowest BCUT2D eigenvalue weighted by atomic mass is 10.2. The van der Waals surface area contributed by atoms with E-state index in [9.17, 15) is 13.2 Å². The van der Waals surface area contributed by atoms with Crippen LogP contribution in [0.15, 0.2) is 24.8 Å². The first-order valence-electron chi connectivity index (χ1n) is 5.89. The lowest BCUT2D eigenvalue weighted by molar-refractivity contribution is 0.0943. The Bertz CT molecular complexity index is 773. The number of aromatic nitrogens is 3. The number of amides is 1. The molecule has 2 atom stereocenters. The third kappa shape index (κ3) is 2.36. The summed E-state index contributed by atoms with van der Waals surface area (Å²) < 4.78 is 24.5. The lowest BCUT2D eigenvalue weighted by Crippen LogP contribution is -2.40. The Morgan fingerprint density at radius 1 is 1.40 bits per heavy atom. The fourth-order valence-electron chi connectivity index (χ4n) is 2.19. The first-order chi connectivity index (χ1) is 9.46. The van der Waals surface area contributed by atoms with Crippen LogP contribution in [0.3, 0.4) is 0 Å². The zero-order valence-corrected chi connectivity index (χ0v) is 11.8. The number of halogens is 1. The van der Waals surface area contributed by atoms with Crippen molar-refractivity contribution in [3.8, 4) is 0 Å². The molecular formula is C11H11ClN4O3S. The Labute approximate surface area is 119 Å². The van der Waals surface area contributed by atoms with Crippen molar-refractivity contribution in [2.24, 2.45) is 0 Å². The van der Waals surface area contributed by atoms with Crippen molar-refractivity contribution in [2.75, 3.05) is 11.5 Å². The molecule has 0 aromatic carbocycles. The largest absolute Gasteiger partial charge is 0.347 e. The summed E-state index contributed by atoms with van der Waals surface area (Å²) in [5, 5.41) is 6.07. The van der Waals surface area contributed by atoms with Crippen molar-refractivity contribution < 1.29 is 13.2 Å². The molecule has 0 aliphatic carbocycles. The second-order valence-corrected chi connectivity index (χ2v) is 7.35. The van der Waals surface area contributed by atoms with Crippen molar-refractivity contribution >= 4 is 32.9 Å². The van der Waals surface area contributed by atoms with Crippen LogP contribution in [-0.4, -0.2) is 51.8 Å². The fraction of sp³-hybridized carbons (Fsp3) is 0.364. The van der Waals surface area contributed by atoms with Crippen molar-refractivity contribution in [1.82, 2.24) is 19.9 Å². The monoisotopic (exact) mass is 314 g/mol. The number of alkyl halides is 1. The van der Waals surface area contributed by atoms with Gasteiger partial charge in [0.2, 0.25) is 0 Å². The highest BCUT2D eigenvalue weighted by Crippen LogP contribution is 2.19. The minimum atomic E-state index is -3.18. The number of carbonyl (C=O) groups is 1. The molecule has 2 aromatic heterocycles. The van der Waals surface area contributed by atoms with E-state index >= 15 is 0 Å². The first-order valence-corrected chi connectivity index (χ1v) is 8.15. The van der Waals surface area contributed by atoms with Crippen molar-refractivity contribution in [2.45, 2.75) is 11.4 Å². The zero-order valence-electron chi connectivity index (χ0n) is 10.2. The van der Waals surface area contributed by atoms with Gasteiger partial charge in [0.25, 0.3) is 5.91 Å². The summed E-state index contributed by atoms with van der Waals surface area (Å²) in [6, 6.07) is -0.583. The van der Waals surface area contributed by atoms with Crippen LogP contribution >= 0.6 is 11.6 Å². The molecule has 1 fully saturated rings. The molecule has 106 valence electrons. The van der Waals surface area contributed by atoms with Gasteiger partial charge in [-0.05, 0) is 0 Å². The first kappa shape index (κ1) is 13.3. The number of fused-ring (bicyclic) bond motifs is 1. The van der Waals surface area contributed by atoms with E-state index in [0.29, 0.717) is 11.1 Å². The van der Waals surface area contributed by atoms with E-state index in [4.69, 9.17) is 11.6 Å². The van der Waals surface area contributed by atoms with E-state index in [2.05, 4.69) is 15.4 Å². The third-order valence-electron chi connectivity index (χ3n) is 3.17. The number of hydrogen-bond donors (Lipinski definition) is 1. The van der Waals surface area contributed by atoms with Crippen LogP contribution in [0.4, 0.5) is 0 Å². The molecule has 1 amide bonds. The Hall–Kier alpha value is -1.67. The van der Waals surface area contributed by atoms with Gasteiger partial charge in [-0.1, -0.05) is 0 Å². The Kier molecular flexibility index (Phi) is 3.14. The predicted molar refractivity (Wildman–Crippen MR) is 72.5 cm³/mol. The Morgan fingerprint density at radius 2 is 2.20 bits per heavy atom. The molecule has 0 radical (unpaired) electrons. The minimum absolute atomic E-state index is 0.115. The van der Waals surface area contributed by atoms with E-state index in [-0.39, 0.29) is 11.5 Å².